The largest absolute Gasteiger partial charge is 0.471 e. The Bertz CT molecular complexity index is 434. The third-order valence-corrected chi connectivity index (χ3v) is 2.15. The van der Waals surface area contributed by atoms with Gasteiger partial charge in [0.05, 0.1) is 6.20 Å². The third-order valence-electron chi connectivity index (χ3n) is 1.86. The van der Waals surface area contributed by atoms with Gasteiger partial charge in [-0.2, -0.15) is 5.10 Å². The Kier molecular flexibility index (Phi) is 3.15. The summed E-state index contributed by atoms with van der Waals surface area (Å²) in [6, 6.07) is 11.5. The molecule has 1 heterocycles. The number of hydrogen-bond donors (Lipinski definition) is 0. The predicted octanol–water partition coefficient (Wildman–Crippen LogP) is 2.71. The van der Waals surface area contributed by atoms with E-state index in [9.17, 15) is 0 Å². The quantitative estimate of drug-likeness (QED) is 0.798. The van der Waals surface area contributed by atoms with E-state index in [0.29, 0.717) is 17.5 Å². The fourth-order valence-corrected chi connectivity index (χ4v) is 1.28. The molecule has 2 rings (SSSR count). The van der Waals surface area contributed by atoms with Gasteiger partial charge in [-0.1, -0.05) is 41.9 Å². The molecule has 1 aromatic carbocycles. The molecule has 4 heteroatoms. The molecule has 0 N–H and O–H groups in total. The zero-order valence-electron chi connectivity index (χ0n) is 7.93. The molecule has 2 aromatic rings. The van der Waals surface area contributed by atoms with Crippen LogP contribution >= 0.6 is 11.6 Å². The summed E-state index contributed by atoms with van der Waals surface area (Å²) in [5.41, 5.74) is 1.07. The molecule has 0 bridgehead atoms. The van der Waals surface area contributed by atoms with Crippen LogP contribution in [0.2, 0.25) is 5.02 Å². The maximum atomic E-state index is 5.86. The van der Waals surface area contributed by atoms with Crippen LogP contribution in [0.25, 0.3) is 0 Å². The summed E-state index contributed by atoms with van der Waals surface area (Å²) in [5, 5.41) is 7.96. The predicted molar refractivity (Wildman–Crippen MR) is 57.8 cm³/mol. The van der Waals surface area contributed by atoms with Crippen LogP contribution in [0.1, 0.15) is 5.56 Å². The van der Waals surface area contributed by atoms with Crippen molar-refractivity contribution >= 4 is 11.6 Å². The summed E-state index contributed by atoms with van der Waals surface area (Å²) in [6.07, 6.45) is 1.53. The summed E-state index contributed by atoms with van der Waals surface area (Å²) in [4.78, 5) is 0. The minimum atomic E-state index is 0.364. The standard InChI is InChI=1S/C11H9ClN2O/c12-10-6-7-13-14-11(10)15-8-9-4-2-1-3-5-9/h1-7H,8H2. The maximum absolute atomic E-state index is 5.86. The van der Waals surface area contributed by atoms with Gasteiger partial charge in [-0.3, -0.25) is 0 Å². The monoisotopic (exact) mass is 220 g/mol. The molecule has 0 saturated carbocycles. The lowest BCUT2D eigenvalue weighted by Gasteiger charge is -2.05. The van der Waals surface area contributed by atoms with Gasteiger partial charge in [0.25, 0.3) is 5.88 Å². The highest BCUT2D eigenvalue weighted by molar-refractivity contribution is 6.31. The second-order valence-electron chi connectivity index (χ2n) is 2.96. The van der Waals surface area contributed by atoms with Crippen LogP contribution in [0.4, 0.5) is 0 Å². The second-order valence-corrected chi connectivity index (χ2v) is 3.37. The van der Waals surface area contributed by atoms with Crippen molar-refractivity contribution in [1.82, 2.24) is 10.2 Å². The first-order chi connectivity index (χ1) is 7.36. The molecular formula is C11H9ClN2O. The molecule has 0 saturated heterocycles. The number of benzene rings is 1. The van der Waals surface area contributed by atoms with E-state index in [0.717, 1.165) is 5.56 Å². The van der Waals surface area contributed by atoms with Crippen molar-refractivity contribution in [2.45, 2.75) is 6.61 Å². The van der Waals surface area contributed by atoms with Crippen molar-refractivity contribution in [3.8, 4) is 5.88 Å². The van der Waals surface area contributed by atoms with Crippen molar-refractivity contribution in [3.63, 3.8) is 0 Å². The third kappa shape index (κ3) is 2.67. The number of rotatable bonds is 3. The molecule has 0 fully saturated rings. The van der Waals surface area contributed by atoms with Crippen LogP contribution in [0, 0.1) is 0 Å². The maximum Gasteiger partial charge on any atom is 0.252 e. The SMILES string of the molecule is Clc1ccnnc1OCc1ccccc1. The molecule has 0 atom stereocenters. The lowest BCUT2D eigenvalue weighted by molar-refractivity contribution is 0.290. The summed E-state index contributed by atoms with van der Waals surface area (Å²) < 4.78 is 5.42. The number of ether oxygens (including phenoxy) is 1. The normalized spacial score (nSPS) is 9.93. The molecule has 3 nitrogen and oxygen atoms in total. The van der Waals surface area contributed by atoms with E-state index in [2.05, 4.69) is 10.2 Å². The van der Waals surface area contributed by atoms with Crippen molar-refractivity contribution in [2.24, 2.45) is 0 Å². The molecule has 0 aliphatic carbocycles. The molecule has 0 unspecified atom stereocenters. The molecule has 0 radical (unpaired) electrons. The molecule has 0 amide bonds. The van der Waals surface area contributed by atoms with E-state index in [4.69, 9.17) is 16.3 Å². The smallest absolute Gasteiger partial charge is 0.252 e. The van der Waals surface area contributed by atoms with Crippen LogP contribution in [0.5, 0.6) is 5.88 Å². The van der Waals surface area contributed by atoms with E-state index in [1.54, 1.807) is 6.07 Å². The first-order valence-corrected chi connectivity index (χ1v) is 4.88. The van der Waals surface area contributed by atoms with Crippen LogP contribution in [0.15, 0.2) is 42.6 Å². The van der Waals surface area contributed by atoms with E-state index in [1.807, 2.05) is 30.3 Å². The van der Waals surface area contributed by atoms with Gasteiger partial charge in [-0.15, -0.1) is 5.10 Å². The molecule has 0 aliphatic heterocycles. The van der Waals surface area contributed by atoms with Gasteiger partial charge in [-0.25, -0.2) is 0 Å². The van der Waals surface area contributed by atoms with Crippen molar-refractivity contribution in [1.29, 1.82) is 0 Å². The molecular weight excluding hydrogens is 212 g/mol. The molecule has 0 spiro atoms. The minimum absolute atomic E-state index is 0.364. The molecule has 76 valence electrons. The van der Waals surface area contributed by atoms with E-state index in [-0.39, 0.29) is 0 Å². The number of aromatic nitrogens is 2. The highest BCUT2D eigenvalue weighted by Crippen LogP contribution is 2.19. The lowest BCUT2D eigenvalue weighted by atomic mass is 10.2. The van der Waals surface area contributed by atoms with Gasteiger partial charge in [0.1, 0.15) is 11.6 Å². The number of nitrogens with zero attached hydrogens (tertiary/aromatic N) is 2. The Morgan fingerprint density at radius 1 is 1.13 bits per heavy atom. The Balaban J connectivity index is 2.03. The number of halogens is 1. The zero-order chi connectivity index (χ0) is 10.5. The summed E-state index contributed by atoms with van der Waals surface area (Å²) in [7, 11) is 0. The van der Waals surface area contributed by atoms with Crippen LogP contribution < -0.4 is 4.74 Å². The lowest BCUT2D eigenvalue weighted by Crippen LogP contribution is -1.98. The van der Waals surface area contributed by atoms with E-state index < -0.39 is 0 Å². The van der Waals surface area contributed by atoms with Gasteiger partial charge in [-0.05, 0) is 11.6 Å². The van der Waals surface area contributed by atoms with Crippen LogP contribution in [-0.2, 0) is 6.61 Å². The second kappa shape index (κ2) is 4.75. The number of hydrogen-bond acceptors (Lipinski definition) is 3. The van der Waals surface area contributed by atoms with Gasteiger partial charge >= 0.3 is 0 Å². The van der Waals surface area contributed by atoms with Crippen molar-refractivity contribution < 1.29 is 4.74 Å². The Morgan fingerprint density at radius 3 is 2.67 bits per heavy atom. The molecule has 1 aromatic heterocycles. The molecule has 15 heavy (non-hydrogen) atoms. The van der Waals surface area contributed by atoms with E-state index >= 15 is 0 Å². The van der Waals surface area contributed by atoms with Gasteiger partial charge in [0.15, 0.2) is 0 Å². The average molecular weight is 221 g/mol. The highest BCUT2D eigenvalue weighted by Gasteiger charge is 2.02. The minimum Gasteiger partial charge on any atom is -0.471 e. The summed E-state index contributed by atoms with van der Waals surface area (Å²) >= 11 is 5.86. The molecule has 0 aliphatic rings. The van der Waals surface area contributed by atoms with Crippen LogP contribution in [0.3, 0.4) is 0 Å². The Morgan fingerprint density at radius 2 is 1.93 bits per heavy atom. The first-order valence-electron chi connectivity index (χ1n) is 4.50. The summed E-state index contributed by atoms with van der Waals surface area (Å²) in [6.45, 7) is 0.444. The topological polar surface area (TPSA) is 35.0 Å². The van der Waals surface area contributed by atoms with Crippen molar-refractivity contribution in [3.05, 3.63) is 53.2 Å². The summed E-state index contributed by atoms with van der Waals surface area (Å²) in [5.74, 6) is 0.364. The van der Waals surface area contributed by atoms with Gasteiger partial charge in [0.2, 0.25) is 0 Å². The van der Waals surface area contributed by atoms with Crippen molar-refractivity contribution in [2.75, 3.05) is 0 Å². The first kappa shape index (κ1) is 9.93. The van der Waals surface area contributed by atoms with Crippen LogP contribution in [-0.4, -0.2) is 10.2 Å². The van der Waals surface area contributed by atoms with Gasteiger partial charge < -0.3 is 4.74 Å². The Hall–Kier alpha value is -1.61. The Labute approximate surface area is 92.7 Å². The van der Waals surface area contributed by atoms with Gasteiger partial charge in [0, 0.05) is 0 Å². The fraction of sp³-hybridized carbons (Fsp3) is 0.0909. The van der Waals surface area contributed by atoms with E-state index in [1.165, 1.54) is 6.20 Å². The highest BCUT2D eigenvalue weighted by atomic mass is 35.5. The fourth-order valence-electron chi connectivity index (χ4n) is 1.13. The zero-order valence-corrected chi connectivity index (χ0v) is 8.69. The average Bonchev–Trinajstić information content (AvgIpc) is 2.29.